The summed E-state index contributed by atoms with van der Waals surface area (Å²) in [6.07, 6.45) is -82.5. The molecule has 0 radical (unpaired) electrons. The molecule has 9 heterocycles. The number of hydrogen-bond donors (Lipinski definition) is 29. The molecule has 9 saturated heterocycles. The van der Waals surface area contributed by atoms with E-state index in [1.54, 1.807) is 0 Å². The maximum atomic E-state index is 12.9. The molecule has 50 heteroatoms. The van der Waals surface area contributed by atoms with Crippen LogP contribution in [0.4, 0.5) is 0 Å². The Labute approximate surface area is 634 Å². The molecule has 0 aliphatic carbocycles. The standard InChI is InChI=1S/C62H104N4O46/c1-14(74)63-27-35(82)48(20(7-69)98-54(27)95)107-56-29(65-16(3)76)38(85)51(23(10-72)102-56)111-62-47(94)53(112-61-46(93)42(89)52(24(11-73)104-61)108-57-30(66-17(4)77)37(84)50(22(9-71)103-57)110-60-45(92)40(87)32(79)19(6-68)100-60)34(81)26(106-62)13-97-58-43(90)41(88)33(80)25(105-58)12-96-55-28(64-15(2)75)36(83)49(21(8-70)101-55)109-59-44(91)39(86)31(78)18(5-67)99-59/h18-62,67-73,78-95H,5-13H2,1-4H3,(H,63,74)(H,64,75)(H,65,76)(H,66,77)/t18-,19-,20-,21-,22-,23-,24-,25-,26-,27-,28-,29-,30-,31+,32+,33-,34-,35-,36-,37-,38-,39+,40+,41+,42-,43+,44-,45-,46+,47+,48-,49-,50-,51-,52-,53+,54-,55-,56+,57+,58+,59+,60+,61-,62+/m1/s1. The summed E-state index contributed by atoms with van der Waals surface area (Å²) in [6.45, 7) is -5.35. The average molecular weight is 1640 g/mol. The Morgan fingerprint density at radius 3 is 0.857 bits per heavy atom. The summed E-state index contributed by atoms with van der Waals surface area (Å²) in [5.74, 6) is -3.42. The van der Waals surface area contributed by atoms with Gasteiger partial charge in [0.15, 0.2) is 56.6 Å². The van der Waals surface area contributed by atoms with Gasteiger partial charge in [0.2, 0.25) is 23.6 Å². The summed E-state index contributed by atoms with van der Waals surface area (Å²) in [4.78, 5) is 50.2. The summed E-state index contributed by atoms with van der Waals surface area (Å²) in [5.41, 5.74) is 0. The van der Waals surface area contributed by atoms with Gasteiger partial charge in [-0.25, -0.2) is 0 Å². The zero-order chi connectivity index (χ0) is 82.5. The van der Waals surface area contributed by atoms with Crippen molar-refractivity contribution >= 4 is 23.6 Å². The third-order valence-corrected chi connectivity index (χ3v) is 20.3. The van der Waals surface area contributed by atoms with Gasteiger partial charge in [-0.2, -0.15) is 0 Å². The van der Waals surface area contributed by atoms with Crippen LogP contribution in [0.15, 0.2) is 0 Å². The first-order chi connectivity index (χ1) is 53.0. The summed E-state index contributed by atoms with van der Waals surface area (Å²) < 4.78 is 99.0. The number of carbonyl (C=O) groups excluding carboxylic acids is 4. The van der Waals surface area contributed by atoms with Crippen molar-refractivity contribution < 1.29 is 227 Å². The van der Waals surface area contributed by atoms with Gasteiger partial charge in [-0.05, 0) is 0 Å². The minimum absolute atomic E-state index is 0.775. The zero-order valence-electron chi connectivity index (χ0n) is 60.1. The van der Waals surface area contributed by atoms with Crippen LogP contribution in [0.1, 0.15) is 27.7 Å². The predicted molar refractivity (Wildman–Crippen MR) is 343 cm³/mol. The molecule has 29 N–H and O–H groups in total. The molecule has 0 aromatic carbocycles. The Bertz CT molecular complexity index is 2970. The molecule has 0 aromatic rings. The molecule has 45 atom stereocenters. The second-order valence-electron chi connectivity index (χ2n) is 28.2. The first-order valence-corrected chi connectivity index (χ1v) is 35.6. The Morgan fingerprint density at radius 1 is 0.232 bits per heavy atom. The van der Waals surface area contributed by atoms with E-state index in [4.69, 9.17) is 80.5 Å². The van der Waals surface area contributed by atoms with Crippen molar-refractivity contribution in [3.8, 4) is 0 Å². The van der Waals surface area contributed by atoms with E-state index in [1.807, 2.05) is 0 Å². The highest BCUT2D eigenvalue weighted by Gasteiger charge is 2.60. The van der Waals surface area contributed by atoms with Gasteiger partial charge in [0, 0.05) is 27.7 Å². The number of carbonyl (C=O) groups is 4. The Morgan fingerprint density at radius 2 is 0.473 bits per heavy atom. The molecule has 9 aliphatic heterocycles. The number of amides is 4. The fourth-order valence-corrected chi connectivity index (χ4v) is 14.4. The first kappa shape index (κ1) is 92.1. The van der Waals surface area contributed by atoms with Crippen molar-refractivity contribution in [2.24, 2.45) is 0 Å². The molecule has 0 spiro atoms. The van der Waals surface area contributed by atoms with E-state index in [9.17, 15) is 147 Å². The molecule has 0 aromatic heterocycles. The van der Waals surface area contributed by atoms with Gasteiger partial charge in [0.25, 0.3) is 0 Å². The zero-order valence-corrected chi connectivity index (χ0v) is 60.1. The Hall–Kier alpha value is -3.80. The van der Waals surface area contributed by atoms with Crippen molar-refractivity contribution in [1.29, 1.82) is 0 Å². The molecule has 9 rings (SSSR count). The molecule has 112 heavy (non-hydrogen) atoms. The Balaban J connectivity index is 0.961. The maximum absolute atomic E-state index is 12.9. The van der Waals surface area contributed by atoms with Crippen LogP contribution in [0.2, 0.25) is 0 Å². The second kappa shape index (κ2) is 40.3. The number of rotatable bonds is 29. The lowest BCUT2D eigenvalue weighted by atomic mass is 9.93. The number of aliphatic hydroxyl groups is 25. The van der Waals surface area contributed by atoms with E-state index in [0.717, 1.165) is 27.7 Å². The number of nitrogens with one attached hydrogen (secondary N) is 4. The Kier molecular flexibility index (Phi) is 33.1. The summed E-state index contributed by atoms with van der Waals surface area (Å²) in [6, 6.07) is -7.03. The van der Waals surface area contributed by atoms with Crippen LogP contribution in [-0.2, 0) is 99.7 Å². The van der Waals surface area contributed by atoms with Gasteiger partial charge in [-0.3, -0.25) is 19.2 Å². The van der Waals surface area contributed by atoms with Gasteiger partial charge in [-0.1, -0.05) is 0 Å². The first-order valence-electron chi connectivity index (χ1n) is 35.6. The minimum Gasteiger partial charge on any atom is -0.394 e. The largest absolute Gasteiger partial charge is 0.394 e. The second-order valence-corrected chi connectivity index (χ2v) is 28.2. The third kappa shape index (κ3) is 20.4. The van der Waals surface area contributed by atoms with Crippen LogP contribution in [0.3, 0.4) is 0 Å². The van der Waals surface area contributed by atoms with E-state index in [0.29, 0.717) is 0 Å². The van der Waals surface area contributed by atoms with E-state index in [-0.39, 0.29) is 0 Å². The lowest BCUT2D eigenvalue weighted by molar-refractivity contribution is -0.391. The normalized spacial score (nSPS) is 48.9. The highest BCUT2D eigenvalue weighted by molar-refractivity contribution is 5.74. The lowest BCUT2D eigenvalue weighted by Gasteiger charge is -2.51. The van der Waals surface area contributed by atoms with Gasteiger partial charge < -0.3 is 229 Å². The van der Waals surface area contributed by atoms with Crippen LogP contribution in [-0.4, -0.2) is 487 Å². The number of hydrogen-bond acceptors (Lipinski definition) is 46. The van der Waals surface area contributed by atoms with Gasteiger partial charge >= 0.3 is 0 Å². The summed E-state index contributed by atoms with van der Waals surface area (Å²) in [7, 11) is 0. The number of ether oxygens (including phenoxy) is 17. The topological polar surface area (TPSA) is 779 Å². The van der Waals surface area contributed by atoms with Crippen LogP contribution in [0.5, 0.6) is 0 Å². The molecular weight excluding hydrogens is 1540 g/mol. The minimum atomic E-state index is -2.49. The molecule has 9 aliphatic rings. The fraction of sp³-hybridized carbons (Fsp3) is 0.935. The highest BCUT2D eigenvalue weighted by Crippen LogP contribution is 2.39. The predicted octanol–water partition coefficient (Wildman–Crippen LogP) is -20.1. The summed E-state index contributed by atoms with van der Waals surface area (Å²) >= 11 is 0. The van der Waals surface area contributed by atoms with E-state index >= 15 is 0 Å². The monoisotopic (exact) mass is 1640 g/mol. The van der Waals surface area contributed by atoms with E-state index in [1.165, 1.54) is 0 Å². The molecule has 50 nitrogen and oxygen atoms in total. The van der Waals surface area contributed by atoms with Crippen molar-refractivity contribution in [3.63, 3.8) is 0 Å². The number of aliphatic hydroxyl groups excluding tert-OH is 25. The van der Waals surface area contributed by atoms with Gasteiger partial charge in [-0.15, -0.1) is 0 Å². The maximum Gasteiger partial charge on any atom is 0.217 e. The lowest BCUT2D eigenvalue weighted by Crippen LogP contribution is -2.70. The van der Waals surface area contributed by atoms with Crippen molar-refractivity contribution in [2.45, 2.75) is 304 Å². The summed E-state index contributed by atoms with van der Waals surface area (Å²) in [5, 5.41) is 285. The molecule has 9 fully saturated rings. The van der Waals surface area contributed by atoms with Crippen molar-refractivity contribution in [2.75, 3.05) is 59.5 Å². The molecule has 4 amide bonds. The fourth-order valence-electron chi connectivity index (χ4n) is 14.4. The molecule has 0 bridgehead atoms. The molecule has 0 unspecified atom stereocenters. The highest BCUT2D eigenvalue weighted by atomic mass is 16.8. The molecule has 0 saturated carbocycles. The van der Waals surface area contributed by atoms with Gasteiger partial charge in [0.05, 0.1) is 59.5 Å². The van der Waals surface area contributed by atoms with E-state index in [2.05, 4.69) is 21.3 Å². The van der Waals surface area contributed by atoms with Crippen molar-refractivity contribution in [1.82, 2.24) is 21.3 Å². The van der Waals surface area contributed by atoms with Crippen LogP contribution in [0, 0.1) is 0 Å². The van der Waals surface area contributed by atoms with Crippen LogP contribution >= 0.6 is 0 Å². The van der Waals surface area contributed by atoms with E-state index < -0.39 is 359 Å². The van der Waals surface area contributed by atoms with Crippen molar-refractivity contribution in [3.05, 3.63) is 0 Å². The van der Waals surface area contributed by atoms with Crippen LogP contribution < -0.4 is 21.3 Å². The van der Waals surface area contributed by atoms with Gasteiger partial charge in [0.1, 0.15) is 219 Å². The smallest absolute Gasteiger partial charge is 0.217 e. The quantitative estimate of drug-likeness (QED) is 0.0331. The SMILES string of the molecule is CC(=O)N[C@@H]1[C@@H](O)[C@H](O[C@@H]2O[C@H](CO)[C@@H](O[C@@H]3O[C@H](CO[C@H]4O[C@H](CO[C@@H]5O[C@H](CO)[C@@H](O[C@@H]6O[C@H](CO)[C@H](O)[C@H](O)[C@H]6O)[C@H](O)[C@H]5NC(C)=O)[C@@H](O)[C@H](O)[C@@H]4O)[C@@H](O)[C@H](O[C@H]4O[C@H](CO)[C@@H](O[C@@H]5O[C@H](CO)[C@@H](O[C@@H]6O[C@H](CO)[C@H](O)[C@H](O)[C@H]6O)[C@H](O)[C@H]5NC(C)=O)[C@H](O)[C@@H]4O)[C@@H]3O)[C@H](O)[C@H]2NC(C)=O)[C@@H](CO)O[C@H]1O. The molecular formula is C62H104N4O46. The average Bonchev–Trinajstić information content (AvgIpc) is 0.827. The third-order valence-electron chi connectivity index (χ3n) is 20.3. The van der Waals surface area contributed by atoms with Crippen LogP contribution in [0.25, 0.3) is 0 Å². The molecule has 648 valence electrons.